The Morgan fingerprint density at radius 3 is 2.61 bits per heavy atom. The van der Waals surface area contributed by atoms with Crippen LogP contribution in [-0.4, -0.2) is 17.9 Å². The van der Waals surface area contributed by atoms with E-state index in [1.165, 1.54) is 5.56 Å². The van der Waals surface area contributed by atoms with E-state index in [4.69, 9.17) is 4.74 Å². The van der Waals surface area contributed by atoms with Gasteiger partial charge in [-0.3, -0.25) is 0 Å². The van der Waals surface area contributed by atoms with Crippen molar-refractivity contribution >= 4 is 12.3 Å². The average Bonchev–Trinajstić information content (AvgIpc) is 2.27. The van der Waals surface area contributed by atoms with Gasteiger partial charge >= 0.3 is 6.09 Å². The lowest BCUT2D eigenvalue weighted by Gasteiger charge is -2.18. The van der Waals surface area contributed by atoms with Gasteiger partial charge in [0.15, 0.2) is 0 Å². The number of ether oxygens (including phenoxy) is 1. The van der Waals surface area contributed by atoms with Gasteiger partial charge in [-0.25, -0.2) is 10.2 Å². The molecule has 0 spiro atoms. The zero-order valence-corrected chi connectivity index (χ0v) is 11.1. The van der Waals surface area contributed by atoms with E-state index in [-0.39, 0.29) is 0 Å². The van der Waals surface area contributed by atoms with Gasteiger partial charge < -0.3 is 4.74 Å². The van der Waals surface area contributed by atoms with Crippen molar-refractivity contribution in [3.8, 4) is 0 Å². The summed E-state index contributed by atoms with van der Waals surface area (Å²) < 4.78 is 5.04. The molecule has 4 nitrogen and oxygen atoms in total. The number of hydrazone groups is 1. The number of amides is 1. The lowest BCUT2D eigenvalue weighted by atomic mass is 10.1. The van der Waals surface area contributed by atoms with E-state index in [0.29, 0.717) is 0 Å². The zero-order valence-electron chi connectivity index (χ0n) is 11.1. The van der Waals surface area contributed by atoms with Gasteiger partial charge in [-0.2, -0.15) is 5.10 Å². The van der Waals surface area contributed by atoms with E-state index in [9.17, 15) is 4.79 Å². The van der Waals surface area contributed by atoms with Crippen molar-refractivity contribution < 1.29 is 9.53 Å². The van der Waals surface area contributed by atoms with Crippen molar-refractivity contribution in [2.24, 2.45) is 5.10 Å². The molecule has 98 valence electrons. The van der Waals surface area contributed by atoms with E-state index >= 15 is 0 Å². The number of nitrogens with one attached hydrogen (secondary N) is 1. The summed E-state index contributed by atoms with van der Waals surface area (Å²) in [7, 11) is 0. The maximum atomic E-state index is 11.2. The molecule has 18 heavy (non-hydrogen) atoms. The minimum Gasteiger partial charge on any atom is -0.443 e. The highest BCUT2D eigenvalue weighted by molar-refractivity contribution is 5.69. The number of nitrogens with zero attached hydrogens (tertiary/aromatic N) is 1. The fraction of sp³-hybridized carbons (Fsp3) is 0.429. The standard InChI is InChI=1S/C14H20N2O2/c1-14(2,3)18-13(17)16-15-11-7-10-12-8-5-4-6-9-12/h4-6,8-9,11H,7,10H2,1-3H3,(H,16,17)/b15-11+. The molecule has 0 aromatic heterocycles. The summed E-state index contributed by atoms with van der Waals surface area (Å²) >= 11 is 0. The number of hydrogen-bond acceptors (Lipinski definition) is 3. The molecule has 0 aliphatic carbocycles. The van der Waals surface area contributed by atoms with E-state index in [1.54, 1.807) is 6.21 Å². The van der Waals surface area contributed by atoms with Crippen LogP contribution in [0.4, 0.5) is 4.79 Å². The maximum Gasteiger partial charge on any atom is 0.428 e. The molecule has 0 atom stereocenters. The highest BCUT2D eigenvalue weighted by Crippen LogP contribution is 2.06. The van der Waals surface area contributed by atoms with E-state index in [0.717, 1.165) is 12.8 Å². The second-order valence-electron chi connectivity index (χ2n) is 4.95. The summed E-state index contributed by atoms with van der Waals surface area (Å²) in [6.45, 7) is 5.43. The lowest BCUT2D eigenvalue weighted by molar-refractivity contribution is 0.0529. The molecule has 0 radical (unpaired) electrons. The monoisotopic (exact) mass is 248 g/mol. The molecule has 1 amide bonds. The van der Waals surface area contributed by atoms with Gasteiger partial charge in [-0.1, -0.05) is 30.3 Å². The lowest BCUT2D eigenvalue weighted by Crippen LogP contribution is -2.29. The Morgan fingerprint density at radius 2 is 2.00 bits per heavy atom. The van der Waals surface area contributed by atoms with Gasteiger partial charge in [0.2, 0.25) is 0 Å². The molecule has 0 fully saturated rings. The van der Waals surface area contributed by atoms with E-state index in [2.05, 4.69) is 22.7 Å². The molecule has 0 unspecified atom stereocenters. The van der Waals surface area contributed by atoms with Gasteiger partial charge in [0.05, 0.1) is 0 Å². The second kappa shape index (κ2) is 6.79. The number of rotatable bonds is 4. The second-order valence-corrected chi connectivity index (χ2v) is 4.95. The number of benzene rings is 1. The topological polar surface area (TPSA) is 50.7 Å². The van der Waals surface area contributed by atoms with Gasteiger partial charge in [0.25, 0.3) is 0 Å². The number of carbonyl (C=O) groups is 1. The molecule has 1 aromatic rings. The Hall–Kier alpha value is -1.84. The van der Waals surface area contributed by atoms with Crippen LogP contribution in [0.3, 0.4) is 0 Å². The third kappa shape index (κ3) is 6.68. The Bertz CT molecular complexity index is 394. The Kier molecular flexibility index (Phi) is 5.36. The first kappa shape index (κ1) is 14.2. The van der Waals surface area contributed by atoms with Crippen LogP contribution in [0.2, 0.25) is 0 Å². The van der Waals surface area contributed by atoms with Crippen LogP contribution in [0, 0.1) is 0 Å². The summed E-state index contributed by atoms with van der Waals surface area (Å²) in [5.74, 6) is 0. The molecule has 1 N–H and O–H groups in total. The van der Waals surface area contributed by atoms with Crippen LogP contribution in [-0.2, 0) is 11.2 Å². The third-order valence-corrected chi connectivity index (χ3v) is 2.05. The molecule has 4 heteroatoms. The molecule has 0 aliphatic rings. The van der Waals surface area contributed by atoms with E-state index in [1.807, 2.05) is 39.0 Å². The summed E-state index contributed by atoms with van der Waals surface area (Å²) in [6, 6.07) is 10.1. The van der Waals surface area contributed by atoms with Gasteiger partial charge in [0, 0.05) is 6.21 Å². The first-order valence-corrected chi connectivity index (χ1v) is 6.02. The normalized spacial score (nSPS) is 11.5. The maximum absolute atomic E-state index is 11.2. The smallest absolute Gasteiger partial charge is 0.428 e. The van der Waals surface area contributed by atoms with Crippen LogP contribution in [0.15, 0.2) is 35.4 Å². The minimum atomic E-state index is -0.529. The number of hydrogen-bond donors (Lipinski definition) is 1. The van der Waals surface area contributed by atoms with Crippen molar-refractivity contribution in [3.05, 3.63) is 35.9 Å². The van der Waals surface area contributed by atoms with Crippen LogP contribution >= 0.6 is 0 Å². The largest absolute Gasteiger partial charge is 0.443 e. The molecule has 0 heterocycles. The summed E-state index contributed by atoms with van der Waals surface area (Å²) in [5, 5.41) is 3.82. The predicted octanol–water partition coefficient (Wildman–Crippen LogP) is 3.13. The summed E-state index contributed by atoms with van der Waals surface area (Å²) in [6.07, 6.45) is 2.83. The van der Waals surface area contributed by atoms with Crippen molar-refractivity contribution in [1.82, 2.24) is 5.43 Å². The molecule has 1 rings (SSSR count). The quantitative estimate of drug-likeness (QED) is 0.657. The van der Waals surface area contributed by atoms with Gasteiger partial charge in [-0.05, 0) is 39.2 Å². The average molecular weight is 248 g/mol. The first-order valence-electron chi connectivity index (χ1n) is 6.02. The van der Waals surface area contributed by atoms with Gasteiger partial charge in [0.1, 0.15) is 5.60 Å². The van der Waals surface area contributed by atoms with Crippen molar-refractivity contribution in [2.75, 3.05) is 0 Å². The fourth-order valence-electron chi connectivity index (χ4n) is 1.34. The molecule has 1 aromatic carbocycles. The molecule has 0 saturated carbocycles. The van der Waals surface area contributed by atoms with Crippen molar-refractivity contribution in [3.63, 3.8) is 0 Å². The van der Waals surface area contributed by atoms with Crippen LogP contribution in [0.25, 0.3) is 0 Å². The zero-order chi connectivity index (χ0) is 13.4. The predicted molar refractivity (Wildman–Crippen MR) is 72.6 cm³/mol. The SMILES string of the molecule is CC(C)(C)OC(=O)N/N=C/CCc1ccccc1. The third-order valence-electron chi connectivity index (χ3n) is 2.05. The number of aryl methyl sites for hydroxylation is 1. The van der Waals surface area contributed by atoms with Crippen molar-refractivity contribution in [2.45, 2.75) is 39.2 Å². The molecule has 0 aliphatic heterocycles. The molecular formula is C14H20N2O2. The minimum absolute atomic E-state index is 0.496. The molecule has 0 saturated heterocycles. The highest BCUT2D eigenvalue weighted by atomic mass is 16.6. The van der Waals surface area contributed by atoms with Crippen molar-refractivity contribution in [1.29, 1.82) is 0 Å². The van der Waals surface area contributed by atoms with Gasteiger partial charge in [-0.15, -0.1) is 0 Å². The summed E-state index contributed by atoms with van der Waals surface area (Å²) in [5.41, 5.74) is 3.09. The Morgan fingerprint density at radius 1 is 1.33 bits per heavy atom. The molecular weight excluding hydrogens is 228 g/mol. The number of carbonyl (C=O) groups excluding carboxylic acids is 1. The Balaban J connectivity index is 2.20. The fourth-order valence-corrected chi connectivity index (χ4v) is 1.34. The molecule has 0 bridgehead atoms. The summed E-state index contributed by atoms with van der Waals surface area (Å²) in [4.78, 5) is 11.2. The van der Waals surface area contributed by atoms with Crippen LogP contribution in [0.1, 0.15) is 32.8 Å². The highest BCUT2D eigenvalue weighted by Gasteiger charge is 2.15. The Labute approximate surface area is 108 Å². The van der Waals surface area contributed by atoms with Crippen LogP contribution in [0.5, 0.6) is 0 Å². The first-order chi connectivity index (χ1) is 8.47. The van der Waals surface area contributed by atoms with Crippen LogP contribution < -0.4 is 5.43 Å². The van der Waals surface area contributed by atoms with E-state index < -0.39 is 11.7 Å².